The van der Waals surface area contributed by atoms with E-state index in [-0.39, 0.29) is 0 Å². The van der Waals surface area contributed by atoms with Crippen molar-refractivity contribution >= 4 is 5.96 Å². The fourth-order valence-electron chi connectivity index (χ4n) is 2.98. The average molecular weight is 360 g/mol. The van der Waals surface area contributed by atoms with E-state index < -0.39 is 0 Å². The Bertz CT molecular complexity index is 687. The zero-order valence-corrected chi connectivity index (χ0v) is 16.8. The number of aliphatic imine (C=N–C) groups is 1. The molecule has 2 rings (SSSR count). The van der Waals surface area contributed by atoms with Gasteiger partial charge in [-0.05, 0) is 38.3 Å². The molecule has 0 fully saturated rings. The minimum atomic E-state index is 0.370. The quantitative estimate of drug-likeness (QED) is 0.533. The molecule has 26 heavy (non-hydrogen) atoms. The first kappa shape index (κ1) is 20.1. The maximum absolute atomic E-state index is 5.40. The van der Waals surface area contributed by atoms with E-state index in [9.17, 15) is 0 Å². The highest BCUT2D eigenvalue weighted by atomic mass is 16.3. The fourth-order valence-corrected chi connectivity index (χ4v) is 2.98. The third-order valence-corrected chi connectivity index (χ3v) is 4.66. The SMILES string of the molecule is CCc1nn(C)c(CC)c1CN=C(NCCc1ccco1)NC(C)CC. The highest BCUT2D eigenvalue weighted by molar-refractivity contribution is 5.80. The van der Waals surface area contributed by atoms with Gasteiger partial charge in [0.25, 0.3) is 0 Å². The molecule has 1 unspecified atom stereocenters. The van der Waals surface area contributed by atoms with Crippen molar-refractivity contribution in [1.29, 1.82) is 0 Å². The molecular formula is C20H33N5O. The van der Waals surface area contributed by atoms with Crippen molar-refractivity contribution in [2.75, 3.05) is 6.54 Å². The van der Waals surface area contributed by atoms with Crippen LogP contribution in [0.4, 0.5) is 0 Å². The summed E-state index contributed by atoms with van der Waals surface area (Å²) in [6.45, 7) is 10.1. The van der Waals surface area contributed by atoms with Gasteiger partial charge in [-0.3, -0.25) is 4.68 Å². The molecule has 0 aliphatic heterocycles. The molecule has 0 saturated carbocycles. The van der Waals surface area contributed by atoms with Gasteiger partial charge in [-0.25, -0.2) is 4.99 Å². The molecule has 2 heterocycles. The van der Waals surface area contributed by atoms with Crippen LogP contribution in [0.25, 0.3) is 0 Å². The van der Waals surface area contributed by atoms with Crippen molar-refractivity contribution in [2.24, 2.45) is 12.0 Å². The first-order valence-corrected chi connectivity index (χ1v) is 9.69. The Labute approximate surface area is 157 Å². The van der Waals surface area contributed by atoms with Crippen LogP contribution in [0.5, 0.6) is 0 Å². The number of aryl methyl sites for hydroxylation is 2. The lowest BCUT2D eigenvalue weighted by molar-refractivity contribution is 0.506. The zero-order chi connectivity index (χ0) is 18.9. The van der Waals surface area contributed by atoms with Gasteiger partial charge in [0.2, 0.25) is 0 Å². The lowest BCUT2D eigenvalue weighted by Gasteiger charge is -2.17. The summed E-state index contributed by atoms with van der Waals surface area (Å²) in [4.78, 5) is 4.84. The topological polar surface area (TPSA) is 67.4 Å². The molecule has 0 radical (unpaired) electrons. The van der Waals surface area contributed by atoms with Crippen molar-refractivity contribution in [3.05, 3.63) is 41.1 Å². The maximum Gasteiger partial charge on any atom is 0.191 e. The van der Waals surface area contributed by atoms with E-state index in [1.807, 2.05) is 23.9 Å². The monoisotopic (exact) mass is 359 g/mol. The lowest BCUT2D eigenvalue weighted by atomic mass is 10.1. The number of nitrogens with zero attached hydrogens (tertiary/aromatic N) is 3. The molecule has 2 N–H and O–H groups in total. The molecule has 0 aliphatic carbocycles. The molecule has 0 spiro atoms. The molecule has 0 aromatic carbocycles. The Hall–Kier alpha value is -2.24. The van der Waals surface area contributed by atoms with Crippen molar-refractivity contribution < 1.29 is 4.42 Å². The summed E-state index contributed by atoms with van der Waals surface area (Å²) in [5.74, 6) is 1.83. The Morgan fingerprint density at radius 2 is 2.12 bits per heavy atom. The summed E-state index contributed by atoms with van der Waals surface area (Å²) in [6, 6.07) is 4.29. The van der Waals surface area contributed by atoms with Crippen LogP contribution in [-0.2, 0) is 32.9 Å². The first-order chi connectivity index (χ1) is 12.6. The van der Waals surface area contributed by atoms with E-state index in [0.717, 1.165) is 49.6 Å². The van der Waals surface area contributed by atoms with Crippen LogP contribution >= 0.6 is 0 Å². The molecule has 6 heteroatoms. The van der Waals surface area contributed by atoms with Crippen LogP contribution < -0.4 is 10.6 Å². The predicted molar refractivity (Wildman–Crippen MR) is 106 cm³/mol. The number of rotatable bonds is 9. The Balaban J connectivity index is 2.08. The highest BCUT2D eigenvalue weighted by Crippen LogP contribution is 2.16. The summed E-state index contributed by atoms with van der Waals surface area (Å²) in [5.41, 5.74) is 3.67. The third-order valence-electron chi connectivity index (χ3n) is 4.66. The molecule has 144 valence electrons. The summed E-state index contributed by atoms with van der Waals surface area (Å²) in [5, 5.41) is 11.6. The van der Waals surface area contributed by atoms with Crippen LogP contribution in [0, 0.1) is 0 Å². The van der Waals surface area contributed by atoms with Crippen LogP contribution in [0.15, 0.2) is 27.8 Å². The second-order valence-corrected chi connectivity index (χ2v) is 6.58. The second kappa shape index (κ2) is 10.0. The molecule has 0 aliphatic rings. The number of guanidine groups is 1. The van der Waals surface area contributed by atoms with Crippen LogP contribution in [-0.4, -0.2) is 28.3 Å². The number of nitrogens with one attached hydrogen (secondary N) is 2. The maximum atomic E-state index is 5.40. The van der Waals surface area contributed by atoms with E-state index in [1.54, 1.807) is 6.26 Å². The van der Waals surface area contributed by atoms with Crippen molar-refractivity contribution in [3.63, 3.8) is 0 Å². The van der Waals surface area contributed by atoms with E-state index in [1.165, 1.54) is 11.3 Å². The van der Waals surface area contributed by atoms with Gasteiger partial charge in [-0.2, -0.15) is 5.10 Å². The van der Waals surface area contributed by atoms with Gasteiger partial charge < -0.3 is 15.1 Å². The summed E-state index contributed by atoms with van der Waals surface area (Å²) in [6.07, 6.45) is 5.49. The molecule has 0 amide bonds. The number of hydrogen-bond acceptors (Lipinski definition) is 3. The molecule has 1 atom stereocenters. The minimum absolute atomic E-state index is 0.370. The second-order valence-electron chi connectivity index (χ2n) is 6.58. The molecule has 2 aromatic heterocycles. The van der Waals surface area contributed by atoms with Crippen molar-refractivity contribution in [2.45, 2.75) is 66.0 Å². The van der Waals surface area contributed by atoms with Gasteiger partial charge >= 0.3 is 0 Å². The zero-order valence-electron chi connectivity index (χ0n) is 16.8. The Kier molecular flexibility index (Phi) is 7.75. The van der Waals surface area contributed by atoms with E-state index in [0.29, 0.717) is 12.6 Å². The fraction of sp³-hybridized carbons (Fsp3) is 0.600. The summed E-state index contributed by atoms with van der Waals surface area (Å²) >= 11 is 0. The molecule has 2 aromatic rings. The minimum Gasteiger partial charge on any atom is -0.469 e. The van der Waals surface area contributed by atoms with Gasteiger partial charge in [0.1, 0.15) is 5.76 Å². The normalized spacial score (nSPS) is 13.0. The molecular weight excluding hydrogens is 326 g/mol. The predicted octanol–water partition coefficient (Wildman–Crippen LogP) is 3.21. The van der Waals surface area contributed by atoms with E-state index in [4.69, 9.17) is 9.41 Å². The molecule has 0 bridgehead atoms. The van der Waals surface area contributed by atoms with Gasteiger partial charge in [-0.15, -0.1) is 0 Å². The van der Waals surface area contributed by atoms with Gasteiger partial charge in [-0.1, -0.05) is 20.8 Å². The van der Waals surface area contributed by atoms with Gasteiger partial charge in [0.05, 0.1) is 18.5 Å². The first-order valence-electron chi connectivity index (χ1n) is 9.69. The lowest BCUT2D eigenvalue weighted by Crippen LogP contribution is -2.42. The number of furan rings is 1. The van der Waals surface area contributed by atoms with Crippen molar-refractivity contribution in [1.82, 2.24) is 20.4 Å². The van der Waals surface area contributed by atoms with Crippen LogP contribution in [0.3, 0.4) is 0 Å². The Morgan fingerprint density at radius 3 is 2.73 bits per heavy atom. The summed E-state index contributed by atoms with van der Waals surface area (Å²) < 4.78 is 7.39. The molecule has 0 saturated heterocycles. The van der Waals surface area contributed by atoms with Gasteiger partial charge in [0, 0.05) is 37.3 Å². The number of hydrogen-bond donors (Lipinski definition) is 2. The third kappa shape index (κ3) is 5.38. The molecule has 6 nitrogen and oxygen atoms in total. The smallest absolute Gasteiger partial charge is 0.191 e. The standard InChI is InChI=1S/C20H33N5O/c1-6-15(4)23-20(21-12-11-16-10-9-13-26-16)22-14-17-18(7-2)24-25(5)19(17)8-3/h9-10,13,15H,6-8,11-12,14H2,1-5H3,(H2,21,22,23). The number of aromatic nitrogens is 2. The van der Waals surface area contributed by atoms with Crippen LogP contribution in [0.2, 0.25) is 0 Å². The van der Waals surface area contributed by atoms with E-state index >= 15 is 0 Å². The Morgan fingerprint density at radius 1 is 1.31 bits per heavy atom. The summed E-state index contributed by atoms with van der Waals surface area (Å²) in [7, 11) is 2.02. The highest BCUT2D eigenvalue weighted by Gasteiger charge is 2.13. The van der Waals surface area contributed by atoms with E-state index in [2.05, 4.69) is 43.4 Å². The van der Waals surface area contributed by atoms with Gasteiger partial charge in [0.15, 0.2) is 5.96 Å². The van der Waals surface area contributed by atoms with Crippen molar-refractivity contribution in [3.8, 4) is 0 Å². The average Bonchev–Trinajstić information content (AvgIpc) is 3.26. The largest absolute Gasteiger partial charge is 0.469 e. The van der Waals surface area contributed by atoms with Crippen LogP contribution in [0.1, 0.15) is 56.8 Å².